The molecule has 2 amide bonds. The summed E-state index contributed by atoms with van der Waals surface area (Å²) < 4.78 is 22.9. The van der Waals surface area contributed by atoms with Gasteiger partial charge in [0.2, 0.25) is 5.82 Å². The van der Waals surface area contributed by atoms with E-state index in [0.717, 1.165) is 4.88 Å². The molecule has 3 rings (SSSR count). The second kappa shape index (κ2) is 8.90. The summed E-state index contributed by atoms with van der Waals surface area (Å²) in [6.45, 7) is 0.161. The molecule has 3 aromatic rings. The number of aromatic nitrogens is 2. The summed E-state index contributed by atoms with van der Waals surface area (Å²) in [5.41, 5.74) is 0. The van der Waals surface area contributed by atoms with Crippen LogP contribution in [0.2, 0.25) is 0 Å². The second-order valence-electron chi connectivity index (χ2n) is 5.25. The third kappa shape index (κ3) is 5.35. The molecule has 0 aliphatic rings. The molecule has 0 unspecified atom stereocenters. The summed E-state index contributed by atoms with van der Waals surface area (Å²) in [5, 5.41) is 10.8. The molecule has 0 atom stereocenters. The van der Waals surface area contributed by atoms with Gasteiger partial charge in [-0.05, 0) is 35.7 Å². The average molecular weight is 390 g/mol. The minimum Gasteiger partial charge on any atom is -0.484 e. The maximum absolute atomic E-state index is 12.8. The van der Waals surface area contributed by atoms with Crippen molar-refractivity contribution >= 4 is 23.2 Å². The summed E-state index contributed by atoms with van der Waals surface area (Å²) >= 11 is 1.43. The number of nitrogens with zero attached hydrogens (tertiary/aromatic N) is 2. The van der Waals surface area contributed by atoms with E-state index >= 15 is 0 Å². The van der Waals surface area contributed by atoms with Crippen molar-refractivity contribution in [1.82, 2.24) is 20.8 Å². The number of carbonyl (C=O) groups excluding carboxylic acids is 2. The van der Waals surface area contributed by atoms with Crippen molar-refractivity contribution in [1.29, 1.82) is 0 Å². The predicted octanol–water partition coefficient (Wildman–Crippen LogP) is 1.86. The van der Waals surface area contributed by atoms with Crippen LogP contribution in [0, 0.1) is 5.82 Å². The van der Waals surface area contributed by atoms with Crippen LogP contribution in [0.15, 0.2) is 46.3 Å². The van der Waals surface area contributed by atoms with Crippen molar-refractivity contribution < 1.29 is 23.2 Å². The van der Waals surface area contributed by atoms with Crippen molar-refractivity contribution in [2.75, 3.05) is 19.7 Å². The summed E-state index contributed by atoms with van der Waals surface area (Å²) in [7, 11) is 0. The van der Waals surface area contributed by atoms with Gasteiger partial charge in [0.25, 0.3) is 5.91 Å². The minimum atomic E-state index is -0.526. The highest BCUT2D eigenvalue weighted by Gasteiger charge is 2.16. The number of carbonyl (C=O) groups is 2. The van der Waals surface area contributed by atoms with Gasteiger partial charge in [-0.25, -0.2) is 4.39 Å². The zero-order chi connectivity index (χ0) is 19.1. The molecule has 10 heteroatoms. The SMILES string of the molecule is O=C(COc1ccc(F)cc1)NCCNC(=O)c1nc(-c2cccs2)no1. The number of benzene rings is 1. The molecule has 8 nitrogen and oxygen atoms in total. The minimum absolute atomic E-state index is 0.149. The first-order valence-electron chi connectivity index (χ1n) is 7.92. The molecule has 1 aromatic carbocycles. The van der Waals surface area contributed by atoms with E-state index in [2.05, 4.69) is 20.8 Å². The number of rotatable bonds is 8. The van der Waals surface area contributed by atoms with Crippen LogP contribution in [0.5, 0.6) is 5.75 Å². The zero-order valence-corrected chi connectivity index (χ0v) is 14.8. The first-order chi connectivity index (χ1) is 13.1. The first kappa shape index (κ1) is 18.5. The molecule has 140 valence electrons. The van der Waals surface area contributed by atoms with Crippen LogP contribution in [0.3, 0.4) is 0 Å². The van der Waals surface area contributed by atoms with Crippen molar-refractivity contribution in [3.8, 4) is 16.5 Å². The molecule has 2 aromatic heterocycles. The quantitative estimate of drug-likeness (QED) is 0.569. The van der Waals surface area contributed by atoms with Crippen LogP contribution in [0.1, 0.15) is 10.7 Å². The molecule has 27 heavy (non-hydrogen) atoms. The Bertz CT molecular complexity index is 896. The van der Waals surface area contributed by atoms with Crippen LogP contribution in [0.25, 0.3) is 10.7 Å². The van der Waals surface area contributed by atoms with Gasteiger partial charge in [-0.15, -0.1) is 11.3 Å². The fourth-order valence-corrected chi connectivity index (χ4v) is 2.66. The second-order valence-corrected chi connectivity index (χ2v) is 6.20. The number of halogens is 1. The van der Waals surface area contributed by atoms with Crippen molar-refractivity contribution in [3.05, 3.63) is 53.5 Å². The van der Waals surface area contributed by atoms with E-state index in [1.54, 1.807) is 0 Å². The average Bonchev–Trinajstić information content (AvgIpc) is 3.36. The fourth-order valence-electron chi connectivity index (χ4n) is 2.01. The van der Waals surface area contributed by atoms with E-state index in [0.29, 0.717) is 11.6 Å². The highest BCUT2D eigenvalue weighted by atomic mass is 32.1. The lowest BCUT2D eigenvalue weighted by atomic mass is 10.3. The smallest absolute Gasteiger partial charge is 0.316 e. The van der Waals surface area contributed by atoms with E-state index in [4.69, 9.17) is 9.26 Å². The van der Waals surface area contributed by atoms with E-state index in [9.17, 15) is 14.0 Å². The number of amides is 2. The lowest BCUT2D eigenvalue weighted by Crippen LogP contribution is -2.36. The van der Waals surface area contributed by atoms with Crippen LogP contribution >= 0.6 is 11.3 Å². The Kier molecular flexibility index (Phi) is 6.10. The lowest BCUT2D eigenvalue weighted by Gasteiger charge is -2.07. The van der Waals surface area contributed by atoms with Gasteiger partial charge in [-0.3, -0.25) is 9.59 Å². The van der Waals surface area contributed by atoms with E-state index in [1.165, 1.54) is 35.6 Å². The maximum atomic E-state index is 12.8. The monoisotopic (exact) mass is 390 g/mol. The van der Waals surface area contributed by atoms with Gasteiger partial charge in [-0.2, -0.15) is 4.98 Å². The van der Waals surface area contributed by atoms with Crippen molar-refractivity contribution in [3.63, 3.8) is 0 Å². The molecule has 0 radical (unpaired) electrons. The molecular formula is C17H15FN4O4S. The lowest BCUT2D eigenvalue weighted by molar-refractivity contribution is -0.123. The molecule has 0 aliphatic carbocycles. The standard InChI is InChI=1S/C17H15FN4O4S/c18-11-3-5-12(6-4-11)25-10-14(23)19-7-8-20-16(24)17-21-15(22-26-17)13-2-1-9-27-13/h1-6,9H,7-8,10H2,(H,19,23)(H,20,24). The first-order valence-corrected chi connectivity index (χ1v) is 8.80. The molecule has 0 bridgehead atoms. The number of hydrogen-bond donors (Lipinski definition) is 2. The Morgan fingerprint density at radius 3 is 2.67 bits per heavy atom. The summed E-state index contributed by atoms with van der Waals surface area (Å²) in [6, 6.07) is 9.00. The summed E-state index contributed by atoms with van der Waals surface area (Å²) in [6.07, 6.45) is 0. The largest absolute Gasteiger partial charge is 0.484 e. The van der Waals surface area contributed by atoms with Crippen LogP contribution < -0.4 is 15.4 Å². The Morgan fingerprint density at radius 1 is 1.15 bits per heavy atom. The normalized spacial score (nSPS) is 10.4. The maximum Gasteiger partial charge on any atom is 0.316 e. The van der Waals surface area contributed by atoms with Gasteiger partial charge in [0, 0.05) is 13.1 Å². The highest BCUT2D eigenvalue weighted by molar-refractivity contribution is 7.13. The van der Waals surface area contributed by atoms with Gasteiger partial charge in [-0.1, -0.05) is 11.2 Å². The van der Waals surface area contributed by atoms with Crippen LogP contribution in [-0.4, -0.2) is 41.7 Å². The number of ether oxygens (including phenoxy) is 1. The number of thiophene rings is 1. The van der Waals surface area contributed by atoms with Gasteiger partial charge >= 0.3 is 11.8 Å². The van der Waals surface area contributed by atoms with E-state index in [-0.39, 0.29) is 37.3 Å². The molecule has 2 N–H and O–H groups in total. The van der Waals surface area contributed by atoms with Gasteiger partial charge < -0.3 is 19.9 Å². The number of hydrogen-bond acceptors (Lipinski definition) is 7. The molecule has 0 aliphatic heterocycles. The molecule has 2 heterocycles. The third-order valence-corrected chi connectivity index (χ3v) is 4.14. The fraction of sp³-hybridized carbons (Fsp3) is 0.176. The molecule has 0 fully saturated rings. The zero-order valence-electron chi connectivity index (χ0n) is 14.0. The van der Waals surface area contributed by atoms with E-state index < -0.39 is 5.91 Å². The third-order valence-electron chi connectivity index (χ3n) is 3.28. The van der Waals surface area contributed by atoms with Gasteiger partial charge in [0.15, 0.2) is 6.61 Å². The molecular weight excluding hydrogens is 375 g/mol. The summed E-state index contributed by atoms with van der Waals surface area (Å²) in [4.78, 5) is 28.4. The summed E-state index contributed by atoms with van der Waals surface area (Å²) in [5.74, 6) is -0.691. The highest BCUT2D eigenvalue weighted by Crippen LogP contribution is 2.21. The van der Waals surface area contributed by atoms with Gasteiger partial charge in [0.05, 0.1) is 4.88 Å². The molecule has 0 saturated heterocycles. The van der Waals surface area contributed by atoms with Crippen molar-refractivity contribution in [2.24, 2.45) is 0 Å². The number of nitrogens with one attached hydrogen (secondary N) is 2. The topological polar surface area (TPSA) is 106 Å². The van der Waals surface area contributed by atoms with Crippen LogP contribution in [0.4, 0.5) is 4.39 Å². The van der Waals surface area contributed by atoms with Crippen LogP contribution in [-0.2, 0) is 4.79 Å². The Labute approximate surface area is 157 Å². The molecule has 0 spiro atoms. The Hall–Kier alpha value is -3.27. The Morgan fingerprint density at radius 2 is 1.93 bits per heavy atom. The Balaban J connectivity index is 1.35. The van der Waals surface area contributed by atoms with Gasteiger partial charge in [0.1, 0.15) is 11.6 Å². The predicted molar refractivity (Wildman–Crippen MR) is 94.8 cm³/mol. The van der Waals surface area contributed by atoms with E-state index in [1.807, 2.05) is 17.5 Å². The van der Waals surface area contributed by atoms with Crippen molar-refractivity contribution in [2.45, 2.75) is 0 Å². The molecule has 0 saturated carbocycles.